The molecule has 1 aromatic rings. The van der Waals surface area contributed by atoms with Crippen molar-refractivity contribution in [3.63, 3.8) is 0 Å². The van der Waals surface area contributed by atoms with Gasteiger partial charge in [0.2, 0.25) is 0 Å². The van der Waals surface area contributed by atoms with Crippen molar-refractivity contribution in [2.45, 2.75) is 55.3 Å². The van der Waals surface area contributed by atoms with E-state index in [1.807, 2.05) is 12.1 Å². The maximum absolute atomic E-state index is 12.6. The molecule has 1 unspecified atom stereocenters. The Kier molecular flexibility index (Phi) is 2.45. The van der Waals surface area contributed by atoms with Crippen LogP contribution in [-0.4, -0.2) is 40.9 Å². The standard InChI is InChI=1S/C18H20O5/c1-22-12-5-4-9-7-10-3-2-6-17-14(9)15(12)23-16(17)11(19)8-13(20)18(10,17)21/h4-5,10,13,16,20-21H,2-3,6-8H2,1H3/t10-,13?,16+,17+,18+/m1/s1. The van der Waals surface area contributed by atoms with Crippen molar-refractivity contribution in [2.75, 3.05) is 7.11 Å². The molecule has 0 saturated heterocycles. The first-order valence-electron chi connectivity index (χ1n) is 8.34. The molecule has 2 saturated carbocycles. The summed E-state index contributed by atoms with van der Waals surface area (Å²) in [5.74, 6) is 1.05. The lowest BCUT2D eigenvalue weighted by Gasteiger charge is -2.61. The Morgan fingerprint density at radius 3 is 2.96 bits per heavy atom. The molecule has 0 aromatic heterocycles. The van der Waals surface area contributed by atoms with Crippen LogP contribution in [0.2, 0.25) is 0 Å². The molecule has 1 aromatic carbocycles. The van der Waals surface area contributed by atoms with Crippen LogP contribution in [0.25, 0.3) is 0 Å². The van der Waals surface area contributed by atoms with E-state index in [0.29, 0.717) is 24.3 Å². The van der Waals surface area contributed by atoms with E-state index in [4.69, 9.17) is 9.47 Å². The van der Waals surface area contributed by atoms with Gasteiger partial charge in [0.1, 0.15) is 5.60 Å². The predicted octanol–water partition coefficient (Wildman–Crippen LogP) is 1.11. The van der Waals surface area contributed by atoms with E-state index in [0.717, 1.165) is 24.0 Å². The van der Waals surface area contributed by atoms with E-state index >= 15 is 0 Å². The van der Waals surface area contributed by atoms with Crippen molar-refractivity contribution >= 4 is 5.78 Å². The first-order chi connectivity index (χ1) is 11.0. The number of hydrogen-bond donors (Lipinski definition) is 2. The van der Waals surface area contributed by atoms with Gasteiger partial charge in [-0.05, 0) is 36.8 Å². The maximum atomic E-state index is 12.6. The highest BCUT2D eigenvalue weighted by Gasteiger charge is 2.74. The maximum Gasteiger partial charge on any atom is 0.177 e. The molecule has 5 nitrogen and oxygen atoms in total. The molecular formula is C18H20O5. The molecule has 2 N–H and O–H groups in total. The first kappa shape index (κ1) is 13.8. The lowest BCUT2D eigenvalue weighted by Crippen LogP contribution is -2.75. The van der Waals surface area contributed by atoms with Gasteiger partial charge in [-0.15, -0.1) is 0 Å². The van der Waals surface area contributed by atoms with Crippen LogP contribution in [0.4, 0.5) is 0 Å². The molecule has 5 rings (SSSR count). The summed E-state index contributed by atoms with van der Waals surface area (Å²) >= 11 is 0. The monoisotopic (exact) mass is 316 g/mol. The lowest BCUT2D eigenvalue weighted by atomic mass is 9.45. The average Bonchev–Trinajstić information content (AvgIpc) is 2.86. The van der Waals surface area contributed by atoms with Gasteiger partial charge < -0.3 is 19.7 Å². The van der Waals surface area contributed by atoms with Gasteiger partial charge in [-0.1, -0.05) is 12.5 Å². The first-order valence-corrected chi connectivity index (χ1v) is 8.34. The predicted molar refractivity (Wildman–Crippen MR) is 80.7 cm³/mol. The molecule has 2 bridgehead atoms. The Labute approximate surface area is 134 Å². The Hall–Kier alpha value is -1.59. The van der Waals surface area contributed by atoms with Crippen LogP contribution in [-0.2, 0) is 16.6 Å². The molecule has 1 aliphatic heterocycles. The zero-order chi connectivity index (χ0) is 16.0. The molecule has 122 valence electrons. The normalized spacial score (nSPS) is 42.9. The second kappa shape index (κ2) is 4.08. The molecule has 0 amide bonds. The number of carbonyl (C=O) groups is 1. The Bertz CT molecular complexity index is 728. The fraction of sp³-hybridized carbons (Fsp3) is 0.611. The summed E-state index contributed by atoms with van der Waals surface area (Å²) in [6, 6.07) is 3.90. The highest BCUT2D eigenvalue weighted by molar-refractivity contribution is 5.90. The summed E-state index contributed by atoms with van der Waals surface area (Å²) in [4.78, 5) is 12.6. The van der Waals surface area contributed by atoms with Crippen molar-refractivity contribution in [3.05, 3.63) is 23.3 Å². The number of aliphatic hydroxyl groups is 2. The smallest absolute Gasteiger partial charge is 0.177 e. The second-order valence-corrected chi connectivity index (χ2v) is 7.41. The zero-order valence-corrected chi connectivity index (χ0v) is 13.0. The molecule has 1 heterocycles. The minimum Gasteiger partial charge on any atom is -0.493 e. The van der Waals surface area contributed by atoms with Crippen LogP contribution in [0.1, 0.15) is 36.8 Å². The zero-order valence-electron chi connectivity index (χ0n) is 13.0. The Balaban J connectivity index is 1.88. The quantitative estimate of drug-likeness (QED) is 0.812. The van der Waals surface area contributed by atoms with Gasteiger partial charge in [0.15, 0.2) is 23.4 Å². The number of aliphatic hydroxyl groups excluding tert-OH is 1. The minimum absolute atomic E-state index is 0.0303. The van der Waals surface area contributed by atoms with Crippen molar-refractivity contribution in [2.24, 2.45) is 5.92 Å². The SMILES string of the molecule is COc1ccc2c3c1O[C@H]1C(=O)CC(O)[C@@]4(O)[C@H](CCC[C@]314)C2. The summed E-state index contributed by atoms with van der Waals surface area (Å²) in [5.41, 5.74) is -0.0664. The third-order valence-corrected chi connectivity index (χ3v) is 6.68. The average molecular weight is 316 g/mol. The van der Waals surface area contributed by atoms with Gasteiger partial charge in [-0.2, -0.15) is 0 Å². The number of carbonyl (C=O) groups excluding carboxylic acids is 1. The van der Waals surface area contributed by atoms with Crippen LogP contribution in [0.15, 0.2) is 12.1 Å². The van der Waals surface area contributed by atoms with Crippen molar-refractivity contribution in [1.29, 1.82) is 0 Å². The molecule has 5 heteroatoms. The molecule has 23 heavy (non-hydrogen) atoms. The number of rotatable bonds is 1. The second-order valence-electron chi connectivity index (χ2n) is 7.41. The van der Waals surface area contributed by atoms with Crippen molar-refractivity contribution in [3.8, 4) is 11.5 Å². The Morgan fingerprint density at radius 1 is 1.35 bits per heavy atom. The summed E-state index contributed by atoms with van der Waals surface area (Å²) in [7, 11) is 1.58. The van der Waals surface area contributed by atoms with E-state index in [2.05, 4.69) is 0 Å². The molecule has 0 radical (unpaired) electrons. The van der Waals surface area contributed by atoms with Gasteiger partial charge in [-0.25, -0.2) is 0 Å². The Morgan fingerprint density at radius 2 is 2.17 bits per heavy atom. The van der Waals surface area contributed by atoms with Gasteiger partial charge in [0, 0.05) is 12.0 Å². The van der Waals surface area contributed by atoms with Crippen LogP contribution in [0.5, 0.6) is 11.5 Å². The fourth-order valence-corrected chi connectivity index (χ4v) is 5.86. The summed E-state index contributed by atoms with van der Waals surface area (Å²) in [6.45, 7) is 0. The lowest BCUT2D eigenvalue weighted by molar-refractivity contribution is -0.219. The van der Waals surface area contributed by atoms with Crippen molar-refractivity contribution < 1.29 is 24.5 Å². The fourth-order valence-electron chi connectivity index (χ4n) is 5.86. The van der Waals surface area contributed by atoms with Gasteiger partial charge in [0.25, 0.3) is 0 Å². The van der Waals surface area contributed by atoms with Gasteiger partial charge in [0.05, 0.1) is 18.6 Å². The van der Waals surface area contributed by atoms with E-state index in [1.54, 1.807) is 7.11 Å². The van der Waals surface area contributed by atoms with E-state index < -0.39 is 23.2 Å². The van der Waals surface area contributed by atoms with Crippen LogP contribution < -0.4 is 9.47 Å². The van der Waals surface area contributed by atoms with Gasteiger partial charge in [-0.3, -0.25) is 4.79 Å². The number of benzene rings is 1. The minimum atomic E-state index is -1.28. The third-order valence-electron chi connectivity index (χ3n) is 6.68. The van der Waals surface area contributed by atoms with Crippen molar-refractivity contribution in [1.82, 2.24) is 0 Å². The number of hydrogen-bond acceptors (Lipinski definition) is 5. The summed E-state index contributed by atoms with van der Waals surface area (Å²) in [5, 5.41) is 22.3. The summed E-state index contributed by atoms with van der Waals surface area (Å²) in [6.07, 6.45) is 1.42. The molecular weight excluding hydrogens is 296 g/mol. The summed E-state index contributed by atoms with van der Waals surface area (Å²) < 4.78 is 11.5. The van der Waals surface area contributed by atoms with Crippen LogP contribution in [0.3, 0.4) is 0 Å². The molecule has 5 atom stereocenters. The topological polar surface area (TPSA) is 76.0 Å². The number of ether oxygens (including phenoxy) is 2. The molecule has 4 aliphatic rings. The number of methoxy groups -OCH3 is 1. The number of ketones is 1. The third kappa shape index (κ3) is 1.28. The molecule has 3 aliphatic carbocycles. The van der Waals surface area contributed by atoms with E-state index in [-0.39, 0.29) is 18.1 Å². The van der Waals surface area contributed by atoms with Crippen LogP contribution >= 0.6 is 0 Å². The number of Topliss-reactive ketones (excluding diaryl/α,β-unsaturated/α-hetero) is 1. The highest BCUT2D eigenvalue weighted by atomic mass is 16.5. The molecule has 1 spiro atoms. The van der Waals surface area contributed by atoms with Crippen LogP contribution in [0, 0.1) is 5.92 Å². The largest absolute Gasteiger partial charge is 0.493 e. The van der Waals surface area contributed by atoms with E-state index in [1.165, 1.54) is 0 Å². The van der Waals surface area contributed by atoms with E-state index in [9.17, 15) is 15.0 Å². The van der Waals surface area contributed by atoms with Gasteiger partial charge >= 0.3 is 0 Å². The highest BCUT2D eigenvalue weighted by Crippen LogP contribution is 2.66. The molecule has 2 fully saturated rings.